The van der Waals surface area contributed by atoms with Crippen molar-refractivity contribution in [3.05, 3.63) is 71.4 Å². The Morgan fingerprint density at radius 3 is 2.53 bits per heavy atom. The van der Waals surface area contributed by atoms with E-state index in [-0.39, 0.29) is 11.3 Å². The van der Waals surface area contributed by atoms with Crippen LogP contribution in [0, 0.1) is 0 Å². The van der Waals surface area contributed by atoms with E-state index in [0.717, 1.165) is 16.5 Å². The zero-order chi connectivity index (χ0) is 21.4. The number of carbonyl (C=O) groups excluding carboxylic acids is 2. The van der Waals surface area contributed by atoms with Gasteiger partial charge in [-0.15, -0.1) is 0 Å². The smallest absolute Gasteiger partial charge is 0.295 e. The zero-order valence-corrected chi connectivity index (χ0v) is 17.3. The highest BCUT2D eigenvalue weighted by atomic mass is 16.5. The van der Waals surface area contributed by atoms with Gasteiger partial charge >= 0.3 is 0 Å². The molecular formula is C24H24N2O4. The molecule has 1 saturated heterocycles. The number of aryl methyl sites for hydroxylation is 1. The molecule has 0 aliphatic carbocycles. The Morgan fingerprint density at radius 2 is 1.80 bits per heavy atom. The number of Topliss-reactive ketones (excluding diaryl/α,β-unsaturated/α-hetero) is 1. The van der Waals surface area contributed by atoms with Crippen LogP contribution in [-0.4, -0.2) is 39.9 Å². The summed E-state index contributed by atoms with van der Waals surface area (Å²) in [6.45, 7) is 2.38. The van der Waals surface area contributed by atoms with Gasteiger partial charge in [0.05, 0.1) is 24.3 Å². The van der Waals surface area contributed by atoms with Crippen molar-refractivity contribution in [1.29, 1.82) is 0 Å². The van der Waals surface area contributed by atoms with Crippen molar-refractivity contribution in [2.24, 2.45) is 7.05 Å². The van der Waals surface area contributed by atoms with Crippen LogP contribution in [0.2, 0.25) is 0 Å². The van der Waals surface area contributed by atoms with Gasteiger partial charge in [0.1, 0.15) is 11.5 Å². The van der Waals surface area contributed by atoms with Crippen LogP contribution in [0.4, 0.5) is 0 Å². The average molecular weight is 404 g/mol. The highest BCUT2D eigenvalue weighted by Gasteiger charge is 2.46. The molecule has 2 aromatic carbocycles. The number of carbonyl (C=O) groups is 2. The molecule has 1 aliphatic rings. The number of aromatic nitrogens is 1. The number of hydrogen-bond donors (Lipinski definition) is 1. The number of hydrogen-bond acceptors (Lipinski definition) is 4. The maximum atomic E-state index is 13.1. The summed E-state index contributed by atoms with van der Waals surface area (Å²) in [5, 5.41) is 12.2. The molecule has 2 heterocycles. The van der Waals surface area contributed by atoms with Crippen molar-refractivity contribution in [2.75, 3.05) is 13.7 Å². The highest BCUT2D eigenvalue weighted by molar-refractivity contribution is 6.46. The molecule has 3 aromatic rings. The van der Waals surface area contributed by atoms with Crippen LogP contribution in [0.1, 0.15) is 30.5 Å². The van der Waals surface area contributed by atoms with Crippen LogP contribution in [0.3, 0.4) is 0 Å². The summed E-state index contributed by atoms with van der Waals surface area (Å²) in [7, 11) is 3.43. The molecule has 1 atom stereocenters. The number of methoxy groups -OCH3 is 1. The number of amides is 1. The Balaban J connectivity index is 2.00. The maximum absolute atomic E-state index is 13.1. The summed E-state index contributed by atoms with van der Waals surface area (Å²) < 4.78 is 7.34. The topological polar surface area (TPSA) is 71.8 Å². The molecule has 1 aliphatic heterocycles. The van der Waals surface area contributed by atoms with Gasteiger partial charge in [0.15, 0.2) is 0 Å². The molecule has 6 nitrogen and oxygen atoms in total. The van der Waals surface area contributed by atoms with Gasteiger partial charge in [-0.2, -0.15) is 0 Å². The SMILES string of the molecule is CCCN1C(=O)C(=O)/C(=C(/O)c2ccccc2OC)C1c1cn(C)c2ccccc12. The first-order valence-corrected chi connectivity index (χ1v) is 9.95. The Hall–Kier alpha value is -3.54. The van der Waals surface area contributed by atoms with Gasteiger partial charge in [0.25, 0.3) is 11.7 Å². The van der Waals surface area contributed by atoms with Crippen LogP contribution in [0.25, 0.3) is 16.7 Å². The standard InChI is InChI=1S/C24H24N2O4/c1-4-13-26-21(17-14-25(2)18-11-7-5-9-15(17)18)20(23(28)24(26)29)22(27)16-10-6-8-12-19(16)30-3/h5-12,14,21,27H,4,13H2,1-3H3/b22-20+. The normalized spacial score (nSPS) is 18.4. The van der Waals surface area contributed by atoms with E-state index in [2.05, 4.69) is 0 Å². The second-order valence-electron chi connectivity index (χ2n) is 7.41. The van der Waals surface area contributed by atoms with E-state index in [1.54, 1.807) is 29.2 Å². The fraction of sp³-hybridized carbons (Fsp3) is 0.250. The van der Waals surface area contributed by atoms with Gasteiger partial charge < -0.3 is 19.3 Å². The summed E-state index contributed by atoms with van der Waals surface area (Å²) >= 11 is 0. The van der Waals surface area contributed by atoms with Gasteiger partial charge in [-0.05, 0) is 24.6 Å². The highest BCUT2D eigenvalue weighted by Crippen LogP contribution is 2.43. The average Bonchev–Trinajstić information content (AvgIpc) is 3.22. The predicted molar refractivity (Wildman–Crippen MR) is 115 cm³/mol. The molecule has 0 spiro atoms. The molecule has 4 rings (SSSR count). The third kappa shape index (κ3) is 2.96. The van der Waals surface area contributed by atoms with Crippen molar-refractivity contribution in [1.82, 2.24) is 9.47 Å². The Morgan fingerprint density at radius 1 is 1.10 bits per heavy atom. The number of ether oxygens (including phenoxy) is 1. The lowest BCUT2D eigenvalue weighted by atomic mass is 9.94. The Kier molecular flexibility index (Phi) is 5.08. The van der Waals surface area contributed by atoms with E-state index in [1.165, 1.54) is 7.11 Å². The lowest BCUT2D eigenvalue weighted by molar-refractivity contribution is -0.139. The van der Waals surface area contributed by atoms with Crippen molar-refractivity contribution in [3.63, 3.8) is 0 Å². The number of fused-ring (bicyclic) bond motifs is 1. The van der Waals surface area contributed by atoms with Gasteiger partial charge in [-0.25, -0.2) is 0 Å². The quantitative estimate of drug-likeness (QED) is 0.396. The fourth-order valence-corrected chi connectivity index (χ4v) is 4.25. The Bertz CT molecular complexity index is 1170. The number of nitrogens with zero attached hydrogens (tertiary/aromatic N) is 2. The third-order valence-corrected chi connectivity index (χ3v) is 5.59. The number of aliphatic hydroxyl groups is 1. The van der Waals surface area contributed by atoms with Crippen LogP contribution in [0.15, 0.2) is 60.3 Å². The van der Waals surface area contributed by atoms with Gasteiger partial charge in [0.2, 0.25) is 0 Å². The minimum atomic E-state index is -0.676. The fourth-order valence-electron chi connectivity index (χ4n) is 4.25. The molecule has 6 heteroatoms. The maximum Gasteiger partial charge on any atom is 0.295 e. The summed E-state index contributed by atoms with van der Waals surface area (Å²) in [6, 6.07) is 14.1. The zero-order valence-electron chi connectivity index (χ0n) is 17.3. The summed E-state index contributed by atoms with van der Waals surface area (Å²) in [5.74, 6) is -1.05. The first-order chi connectivity index (χ1) is 14.5. The second kappa shape index (κ2) is 7.71. The summed E-state index contributed by atoms with van der Waals surface area (Å²) in [5.41, 5.74) is 2.29. The van der Waals surface area contributed by atoms with Crippen LogP contribution in [0.5, 0.6) is 5.75 Å². The van der Waals surface area contributed by atoms with E-state index in [4.69, 9.17) is 4.74 Å². The van der Waals surface area contributed by atoms with E-state index < -0.39 is 17.7 Å². The monoisotopic (exact) mass is 404 g/mol. The van der Waals surface area contributed by atoms with Gasteiger partial charge in [0, 0.05) is 36.3 Å². The Labute approximate surface area is 175 Å². The molecule has 1 amide bonds. The molecule has 0 bridgehead atoms. The molecular weight excluding hydrogens is 380 g/mol. The molecule has 1 unspecified atom stereocenters. The molecule has 30 heavy (non-hydrogen) atoms. The lowest BCUT2D eigenvalue weighted by Gasteiger charge is -2.24. The van der Waals surface area contributed by atoms with Gasteiger partial charge in [-0.1, -0.05) is 37.3 Å². The predicted octanol–water partition coefficient (Wildman–Crippen LogP) is 4.02. The van der Waals surface area contributed by atoms with Crippen LogP contribution in [-0.2, 0) is 16.6 Å². The molecule has 0 saturated carbocycles. The first kappa shape index (κ1) is 19.8. The van der Waals surface area contributed by atoms with Crippen LogP contribution < -0.4 is 4.74 Å². The lowest BCUT2D eigenvalue weighted by Crippen LogP contribution is -2.30. The molecule has 0 radical (unpaired) electrons. The third-order valence-electron chi connectivity index (χ3n) is 5.59. The van der Waals surface area contributed by atoms with E-state index >= 15 is 0 Å². The number of likely N-dealkylation sites (tertiary alicyclic amines) is 1. The molecule has 1 fully saturated rings. The number of rotatable bonds is 5. The van der Waals surface area contributed by atoms with Crippen LogP contribution >= 0.6 is 0 Å². The summed E-state index contributed by atoms with van der Waals surface area (Å²) in [6.07, 6.45) is 2.63. The van der Waals surface area contributed by atoms with Crippen molar-refractivity contribution < 1.29 is 19.4 Å². The van der Waals surface area contributed by atoms with Crippen molar-refractivity contribution >= 4 is 28.4 Å². The number of ketones is 1. The van der Waals surface area contributed by atoms with Crippen molar-refractivity contribution in [2.45, 2.75) is 19.4 Å². The number of para-hydroxylation sites is 2. The largest absolute Gasteiger partial charge is 0.507 e. The second-order valence-corrected chi connectivity index (χ2v) is 7.41. The van der Waals surface area contributed by atoms with E-state index in [1.807, 2.05) is 49.0 Å². The number of benzene rings is 2. The van der Waals surface area contributed by atoms with E-state index in [9.17, 15) is 14.7 Å². The summed E-state index contributed by atoms with van der Waals surface area (Å²) in [4.78, 5) is 27.6. The first-order valence-electron chi connectivity index (χ1n) is 9.95. The molecule has 154 valence electrons. The number of aliphatic hydroxyl groups excluding tert-OH is 1. The minimum absolute atomic E-state index is 0.0919. The van der Waals surface area contributed by atoms with E-state index in [0.29, 0.717) is 24.3 Å². The van der Waals surface area contributed by atoms with Crippen molar-refractivity contribution in [3.8, 4) is 5.75 Å². The molecule has 1 N–H and O–H groups in total. The molecule has 1 aromatic heterocycles. The van der Waals surface area contributed by atoms with Gasteiger partial charge in [-0.3, -0.25) is 9.59 Å². The minimum Gasteiger partial charge on any atom is -0.507 e.